The van der Waals surface area contributed by atoms with Crippen molar-refractivity contribution in [3.63, 3.8) is 0 Å². The van der Waals surface area contributed by atoms with Crippen molar-refractivity contribution >= 4 is 21.9 Å². The molecule has 11 aromatic rings. The second kappa shape index (κ2) is 15.0. The molecule has 4 nitrogen and oxygen atoms in total. The zero-order chi connectivity index (χ0) is 42.8. The summed E-state index contributed by atoms with van der Waals surface area (Å²) in [4.78, 5) is 16.1. The van der Waals surface area contributed by atoms with Gasteiger partial charge in [-0.25, -0.2) is 15.0 Å². The van der Waals surface area contributed by atoms with E-state index in [1.807, 2.05) is 0 Å². The highest BCUT2D eigenvalue weighted by Crippen LogP contribution is 2.52. The predicted molar refractivity (Wildman–Crippen MR) is 263 cm³/mol. The van der Waals surface area contributed by atoms with Crippen molar-refractivity contribution in [1.29, 1.82) is 0 Å². The Kier molecular flexibility index (Phi) is 8.80. The summed E-state index contributed by atoms with van der Waals surface area (Å²) in [5.41, 5.74) is 18.2. The van der Waals surface area contributed by atoms with E-state index in [0.717, 1.165) is 77.6 Å². The SMILES string of the molecule is CC1(C)c2ccccc2-c2cccc(-c3nc(-c4cccc(-c5ccc6c(c5)oc5cccc(-c7ccccc7)c56)c4)nc(-c4cc(-c5ccccc5)cc(-c5ccccc5)c4)n3)c21. The van der Waals surface area contributed by atoms with Crippen molar-refractivity contribution in [2.24, 2.45) is 0 Å². The molecule has 0 spiro atoms. The van der Waals surface area contributed by atoms with Crippen LogP contribution in [0.1, 0.15) is 25.0 Å². The molecule has 64 heavy (non-hydrogen) atoms. The van der Waals surface area contributed by atoms with E-state index in [-0.39, 0.29) is 5.41 Å². The minimum absolute atomic E-state index is 0.264. The van der Waals surface area contributed by atoms with Gasteiger partial charge in [0.1, 0.15) is 11.2 Å². The van der Waals surface area contributed by atoms with Gasteiger partial charge in [0.05, 0.1) is 0 Å². The van der Waals surface area contributed by atoms with Crippen LogP contribution in [-0.2, 0) is 5.41 Å². The first-order valence-corrected chi connectivity index (χ1v) is 21.8. The molecule has 1 aliphatic carbocycles. The van der Waals surface area contributed by atoms with Gasteiger partial charge in [-0.3, -0.25) is 0 Å². The number of fused-ring (bicyclic) bond motifs is 6. The molecule has 2 heterocycles. The van der Waals surface area contributed by atoms with Gasteiger partial charge in [-0.1, -0.05) is 184 Å². The summed E-state index contributed by atoms with van der Waals surface area (Å²) in [6.45, 7) is 4.62. The van der Waals surface area contributed by atoms with Gasteiger partial charge >= 0.3 is 0 Å². The Morgan fingerprint density at radius 3 is 1.56 bits per heavy atom. The Balaban J connectivity index is 1.04. The topological polar surface area (TPSA) is 51.8 Å². The normalized spacial score (nSPS) is 12.7. The third-order valence-corrected chi connectivity index (χ3v) is 12.9. The molecule has 0 bridgehead atoms. The fourth-order valence-electron chi connectivity index (χ4n) is 9.84. The summed E-state index contributed by atoms with van der Waals surface area (Å²) in [6, 6.07) is 74.9. The van der Waals surface area contributed by atoms with Crippen LogP contribution in [0.3, 0.4) is 0 Å². The number of rotatable bonds is 7. The van der Waals surface area contributed by atoms with Gasteiger partial charge in [0.25, 0.3) is 0 Å². The van der Waals surface area contributed by atoms with Gasteiger partial charge in [-0.15, -0.1) is 0 Å². The Morgan fingerprint density at radius 1 is 0.328 bits per heavy atom. The molecule has 4 heteroatoms. The van der Waals surface area contributed by atoms with Crippen molar-refractivity contribution < 1.29 is 4.42 Å². The Bertz CT molecular complexity index is 3510. The maximum absolute atomic E-state index is 6.55. The van der Waals surface area contributed by atoms with Crippen molar-refractivity contribution in [2.45, 2.75) is 19.3 Å². The standard InChI is InChI=1S/C60H41N3O/c1-60(2)52-29-13-12-25-48(52)49-27-15-28-51(56(49)60)59-62-57(61-58(63-59)46-35-44(38-17-6-3-7-18-38)34-45(36-46)39-19-8-4-9-20-39)43-24-14-23-41(33-43)42-31-32-50-54(37-42)64-53-30-16-26-47(55(50)53)40-21-10-5-11-22-40/h3-37H,1-2H3. The zero-order valence-electron chi connectivity index (χ0n) is 35.5. The van der Waals surface area contributed by atoms with E-state index in [1.54, 1.807) is 0 Å². The summed E-state index contributed by atoms with van der Waals surface area (Å²) in [5, 5.41) is 2.22. The summed E-state index contributed by atoms with van der Waals surface area (Å²) in [5.74, 6) is 1.87. The minimum atomic E-state index is -0.264. The van der Waals surface area contributed by atoms with E-state index in [2.05, 4.69) is 226 Å². The molecule has 0 N–H and O–H groups in total. The van der Waals surface area contributed by atoms with Crippen molar-refractivity contribution in [3.8, 4) is 89.8 Å². The lowest BCUT2D eigenvalue weighted by Crippen LogP contribution is -2.17. The van der Waals surface area contributed by atoms with Crippen LogP contribution in [-0.4, -0.2) is 15.0 Å². The Labute approximate surface area is 372 Å². The number of furan rings is 1. The van der Waals surface area contributed by atoms with E-state index < -0.39 is 0 Å². The molecule has 0 saturated carbocycles. The van der Waals surface area contributed by atoms with Gasteiger partial charge in [-0.05, 0) is 109 Å². The highest BCUT2D eigenvalue weighted by atomic mass is 16.3. The molecule has 0 aliphatic heterocycles. The van der Waals surface area contributed by atoms with Crippen LogP contribution in [0.2, 0.25) is 0 Å². The maximum atomic E-state index is 6.55. The van der Waals surface area contributed by atoms with E-state index in [9.17, 15) is 0 Å². The van der Waals surface area contributed by atoms with Crippen LogP contribution in [0, 0.1) is 0 Å². The smallest absolute Gasteiger partial charge is 0.164 e. The van der Waals surface area contributed by atoms with Crippen LogP contribution < -0.4 is 0 Å². The third-order valence-electron chi connectivity index (χ3n) is 12.9. The number of hydrogen-bond donors (Lipinski definition) is 0. The van der Waals surface area contributed by atoms with Crippen LogP contribution >= 0.6 is 0 Å². The van der Waals surface area contributed by atoms with Gasteiger partial charge < -0.3 is 4.42 Å². The molecule has 2 aromatic heterocycles. The number of benzene rings is 9. The van der Waals surface area contributed by atoms with Crippen molar-refractivity contribution in [3.05, 3.63) is 223 Å². The maximum Gasteiger partial charge on any atom is 0.164 e. The fourth-order valence-corrected chi connectivity index (χ4v) is 9.84. The lowest BCUT2D eigenvalue weighted by atomic mass is 9.80. The fraction of sp³-hybridized carbons (Fsp3) is 0.0500. The van der Waals surface area contributed by atoms with E-state index in [4.69, 9.17) is 19.4 Å². The second-order valence-corrected chi connectivity index (χ2v) is 17.2. The van der Waals surface area contributed by atoms with E-state index >= 15 is 0 Å². The predicted octanol–water partition coefficient (Wildman–Crippen LogP) is 15.7. The molecule has 0 atom stereocenters. The van der Waals surface area contributed by atoms with Crippen LogP contribution in [0.25, 0.3) is 112 Å². The lowest BCUT2D eigenvalue weighted by Gasteiger charge is -2.24. The molecule has 12 rings (SSSR count). The first kappa shape index (κ1) is 37.5. The Morgan fingerprint density at radius 2 is 0.828 bits per heavy atom. The first-order chi connectivity index (χ1) is 31.5. The number of aromatic nitrogens is 3. The molecule has 0 radical (unpaired) electrons. The van der Waals surface area contributed by atoms with Gasteiger partial charge in [-0.2, -0.15) is 0 Å². The summed E-state index contributed by atoms with van der Waals surface area (Å²) >= 11 is 0. The summed E-state index contributed by atoms with van der Waals surface area (Å²) in [7, 11) is 0. The highest BCUT2D eigenvalue weighted by Gasteiger charge is 2.38. The first-order valence-electron chi connectivity index (χ1n) is 21.8. The molecule has 0 amide bonds. The average molecular weight is 820 g/mol. The quantitative estimate of drug-likeness (QED) is 0.161. The third kappa shape index (κ3) is 6.34. The van der Waals surface area contributed by atoms with Crippen molar-refractivity contribution in [2.75, 3.05) is 0 Å². The average Bonchev–Trinajstić information content (AvgIpc) is 3.86. The molecule has 0 saturated heterocycles. The monoisotopic (exact) mass is 819 g/mol. The van der Waals surface area contributed by atoms with Crippen molar-refractivity contribution in [1.82, 2.24) is 15.0 Å². The second-order valence-electron chi connectivity index (χ2n) is 17.2. The molecule has 1 aliphatic rings. The zero-order valence-corrected chi connectivity index (χ0v) is 35.5. The molecule has 0 fully saturated rings. The van der Waals surface area contributed by atoms with Gasteiger partial charge in [0, 0.05) is 32.9 Å². The molecule has 9 aromatic carbocycles. The van der Waals surface area contributed by atoms with Crippen LogP contribution in [0.4, 0.5) is 0 Å². The number of hydrogen-bond acceptors (Lipinski definition) is 4. The molecular weight excluding hydrogens is 779 g/mol. The Hall–Kier alpha value is -8.21. The lowest BCUT2D eigenvalue weighted by molar-refractivity contribution is 0.661. The van der Waals surface area contributed by atoms with Crippen LogP contribution in [0.5, 0.6) is 0 Å². The molecule has 0 unspecified atom stereocenters. The number of nitrogens with zero attached hydrogens (tertiary/aromatic N) is 3. The molecule has 302 valence electrons. The van der Waals surface area contributed by atoms with E-state index in [0.29, 0.717) is 17.5 Å². The molecular formula is C60H41N3O. The summed E-state index contributed by atoms with van der Waals surface area (Å²) in [6.07, 6.45) is 0. The largest absolute Gasteiger partial charge is 0.456 e. The highest BCUT2D eigenvalue weighted by molar-refractivity contribution is 6.13. The van der Waals surface area contributed by atoms with Crippen LogP contribution in [0.15, 0.2) is 217 Å². The summed E-state index contributed by atoms with van der Waals surface area (Å²) < 4.78 is 6.55. The van der Waals surface area contributed by atoms with E-state index in [1.165, 1.54) is 27.8 Å². The van der Waals surface area contributed by atoms with Gasteiger partial charge in [0.2, 0.25) is 0 Å². The minimum Gasteiger partial charge on any atom is -0.456 e. The van der Waals surface area contributed by atoms with Gasteiger partial charge in [0.15, 0.2) is 17.5 Å².